The molecule has 0 aromatic heterocycles. The lowest BCUT2D eigenvalue weighted by atomic mass is 10.1. The second kappa shape index (κ2) is 9.03. The summed E-state index contributed by atoms with van der Waals surface area (Å²) in [7, 11) is -3.20. The minimum absolute atomic E-state index is 0.0429. The van der Waals surface area contributed by atoms with Crippen molar-refractivity contribution in [2.24, 2.45) is 0 Å². The second-order valence-corrected chi connectivity index (χ2v) is 8.46. The lowest BCUT2D eigenvalue weighted by molar-refractivity contribution is -0.349. The molecule has 3 rings (SSSR count). The number of hydrogen-bond acceptors (Lipinski definition) is 9. The molecule has 2 amide bonds. The fraction of sp³-hybridized carbons (Fsp3) is 0.444. The first-order valence-electron chi connectivity index (χ1n) is 9.23. The van der Waals surface area contributed by atoms with E-state index in [-0.39, 0.29) is 31.6 Å². The van der Waals surface area contributed by atoms with Gasteiger partial charge in [-0.15, -0.1) is 0 Å². The summed E-state index contributed by atoms with van der Waals surface area (Å²) in [6, 6.07) is 5.02. The number of nitrogens with zero attached hydrogens (tertiary/aromatic N) is 1. The van der Waals surface area contributed by atoms with Crippen LogP contribution in [0, 0.1) is 6.92 Å². The van der Waals surface area contributed by atoms with Gasteiger partial charge < -0.3 is 24.8 Å². The highest BCUT2D eigenvalue weighted by Crippen LogP contribution is 2.57. The molecule has 2 heterocycles. The Hall–Kier alpha value is -2.34. The van der Waals surface area contributed by atoms with Crippen LogP contribution in [-0.2, 0) is 34.5 Å². The van der Waals surface area contributed by atoms with E-state index in [1.54, 1.807) is 18.2 Å². The Bertz CT molecular complexity index is 939. The summed E-state index contributed by atoms with van der Waals surface area (Å²) in [5, 5.41) is 22.7. The molecule has 1 saturated heterocycles. The first-order chi connectivity index (χ1) is 14.6. The summed E-state index contributed by atoms with van der Waals surface area (Å²) in [4.78, 5) is 23.3. The Labute approximate surface area is 176 Å². The fourth-order valence-electron chi connectivity index (χ4n) is 3.08. The van der Waals surface area contributed by atoms with Crippen LogP contribution in [0.15, 0.2) is 30.2 Å². The van der Waals surface area contributed by atoms with Crippen LogP contribution in [0.2, 0.25) is 0 Å². The molecule has 3 atom stereocenters. The molecule has 13 heteroatoms. The number of phosphoric ester groups is 1. The van der Waals surface area contributed by atoms with Gasteiger partial charge in [0.1, 0.15) is 18.1 Å². The number of halogens is 1. The van der Waals surface area contributed by atoms with Crippen molar-refractivity contribution in [1.82, 2.24) is 10.2 Å². The number of fused-ring (bicyclic) bond motifs is 1. The first-order valence-corrected chi connectivity index (χ1v) is 10.7. The smallest absolute Gasteiger partial charge is 0.404 e. The van der Waals surface area contributed by atoms with E-state index in [2.05, 4.69) is 5.32 Å². The molecule has 0 saturated carbocycles. The maximum atomic E-state index is 13.7. The minimum atomic E-state index is -4.41. The summed E-state index contributed by atoms with van der Waals surface area (Å²) in [6.45, 7) is 1.71. The number of carbonyl (C=O) groups excluding carboxylic acids is 2. The van der Waals surface area contributed by atoms with Gasteiger partial charge in [-0.05, 0) is 25.8 Å². The van der Waals surface area contributed by atoms with E-state index >= 15 is 0 Å². The maximum Gasteiger partial charge on any atom is 0.534 e. The first kappa shape index (κ1) is 23.3. The van der Waals surface area contributed by atoms with E-state index in [0.717, 1.165) is 10.5 Å². The molecule has 11 nitrogen and oxygen atoms in total. The van der Waals surface area contributed by atoms with Crippen LogP contribution in [0.25, 0.3) is 0 Å². The predicted octanol–water partition coefficient (Wildman–Crippen LogP) is 1.19. The summed E-state index contributed by atoms with van der Waals surface area (Å²) in [5.74, 6) is -5.20. The van der Waals surface area contributed by atoms with Crippen molar-refractivity contribution in [3.05, 3.63) is 41.4 Å². The van der Waals surface area contributed by atoms with Gasteiger partial charge in [0.2, 0.25) is 12.2 Å². The van der Waals surface area contributed by atoms with E-state index in [1.807, 2.05) is 6.92 Å². The monoisotopic (exact) mass is 460 g/mol. The minimum Gasteiger partial charge on any atom is -0.404 e. The van der Waals surface area contributed by atoms with Crippen LogP contribution in [0.4, 0.5) is 4.39 Å². The van der Waals surface area contributed by atoms with Crippen molar-refractivity contribution in [2.45, 2.75) is 44.7 Å². The molecule has 0 bridgehead atoms. The number of nitrogens with one attached hydrogen (secondary N) is 1. The van der Waals surface area contributed by atoms with Crippen LogP contribution >= 0.6 is 7.82 Å². The number of ether oxygens (including phenoxy) is 1. The number of phosphoric acid groups is 1. The molecule has 2 aliphatic rings. The van der Waals surface area contributed by atoms with E-state index in [1.165, 1.54) is 7.05 Å². The van der Waals surface area contributed by atoms with Gasteiger partial charge >= 0.3 is 13.8 Å². The number of amides is 2. The number of rotatable bonds is 7. The Morgan fingerprint density at radius 1 is 1.42 bits per heavy atom. The zero-order valence-corrected chi connectivity index (χ0v) is 17.6. The van der Waals surface area contributed by atoms with Gasteiger partial charge in [0.25, 0.3) is 5.91 Å². The molecular weight excluding hydrogens is 438 g/mol. The Morgan fingerprint density at radius 2 is 2.16 bits per heavy atom. The van der Waals surface area contributed by atoms with E-state index < -0.39 is 37.9 Å². The van der Waals surface area contributed by atoms with Crippen molar-refractivity contribution in [3.63, 3.8) is 0 Å². The molecule has 31 heavy (non-hydrogen) atoms. The third kappa shape index (κ3) is 5.29. The van der Waals surface area contributed by atoms with Crippen molar-refractivity contribution in [2.75, 3.05) is 7.05 Å². The normalized spacial score (nSPS) is 26.0. The van der Waals surface area contributed by atoms with Crippen LogP contribution < -0.4 is 9.84 Å². The number of benzene rings is 1. The highest BCUT2D eigenvalue weighted by molar-refractivity contribution is 7.49. The van der Waals surface area contributed by atoms with Gasteiger partial charge in [0.15, 0.2) is 0 Å². The van der Waals surface area contributed by atoms with Gasteiger partial charge in [-0.1, -0.05) is 17.7 Å². The SMILES string of the molecule is CNC(=O)/C(F)=C\N(C=O)C1CCC(C(O)(O)OP2(=O)OCc3cc(C)ccc3O2)O1. The molecule has 1 aromatic rings. The molecule has 0 spiro atoms. The number of aryl methyl sites for hydroxylation is 1. The summed E-state index contributed by atoms with van der Waals surface area (Å²) in [6.07, 6.45) is -1.80. The highest BCUT2D eigenvalue weighted by atomic mass is 31.2. The van der Waals surface area contributed by atoms with Gasteiger partial charge in [0.05, 0.1) is 12.8 Å². The summed E-state index contributed by atoms with van der Waals surface area (Å²) in [5.41, 5.74) is 1.54. The van der Waals surface area contributed by atoms with Gasteiger partial charge in [-0.3, -0.25) is 19.0 Å². The highest BCUT2D eigenvalue weighted by Gasteiger charge is 2.51. The molecule has 3 N–H and O–H groups in total. The van der Waals surface area contributed by atoms with Crippen LogP contribution in [0.5, 0.6) is 5.75 Å². The quantitative estimate of drug-likeness (QED) is 0.237. The van der Waals surface area contributed by atoms with E-state index in [0.29, 0.717) is 11.8 Å². The molecule has 1 aromatic carbocycles. The number of hydrogen-bond donors (Lipinski definition) is 3. The Morgan fingerprint density at radius 3 is 2.84 bits per heavy atom. The van der Waals surface area contributed by atoms with Crippen molar-refractivity contribution in [1.29, 1.82) is 0 Å². The predicted molar refractivity (Wildman–Crippen MR) is 102 cm³/mol. The van der Waals surface area contributed by atoms with Gasteiger partial charge in [-0.2, -0.15) is 4.39 Å². The Kier molecular flexibility index (Phi) is 6.79. The van der Waals surface area contributed by atoms with Crippen molar-refractivity contribution in [3.8, 4) is 5.75 Å². The standard InChI is InChI=1S/C18H22FN2O9P/c1-11-3-4-14-12(7-11)9-27-31(26,29-14)30-18(24,25)15-5-6-16(28-15)21(10-22)8-13(19)17(23)20-2/h3-4,7-8,10,15-16,24-25H,5-6,9H2,1-2H3,(H,20,23)/b13-8+. The largest absolute Gasteiger partial charge is 0.534 e. The Balaban J connectivity index is 1.67. The zero-order chi connectivity index (χ0) is 22.8. The number of likely N-dealkylation sites (N-methyl/N-ethyl adjacent to an activating group) is 1. The molecular formula is C18H22FN2O9P. The second-order valence-electron chi connectivity index (χ2n) is 6.94. The molecule has 0 aliphatic carbocycles. The number of aliphatic hydroxyl groups is 2. The third-order valence-electron chi connectivity index (χ3n) is 4.63. The van der Waals surface area contributed by atoms with Crippen LogP contribution in [0.1, 0.15) is 24.0 Å². The lowest BCUT2D eigenvalue weighted by Gasteiger charge is -2.33. The van der Waals surface area contributed by atoms with E-state index in [4.69, 9.17) is 18.3 Å². The van der Waals surface area contributed by atoms with E-state index in [9.17, 15) is 28.8 Å². The topological polar surface area (TPSA) is 144 Å². The van der Waals surface area contributed by atoms with Crippen molar-refractivity contribution >= 4 is 20.1 Å². The summed E-state index contributed by atoms with van der Waals surface area (Å²) >= 11 is 0. The van der Waals surface area contributed by atoms with Gasteiger partial charge in [-0.25, -0.2) is 9.09 Å². The van der Waals surface area contributed by atoms with Crippen LogP contribution in [0.3, 0.4) is 0 Å². The fourth-order valence-corrected chi connectivity index (χ4v) is 4.39. The van der Waals surface area contributed by atoms with Gasteiger partial charge in [0, 0.05) is 12.6 Å². The maximum absolute atomic E-state index is 13.7. The molecule has 0 radical (unpaired) electrons. The third-order valence-corrected chi connectivity index (χ3v) is 5.99. The number of carbonyl (C=O) groups is 2. The molecule has 1 fully saturated rings. The average molecular weight is 460 g/mol. The average Bonchev–Trinajstić information content (AvgIpc) is 3.22. The lowest BCUT2D eigenvalue weighted by Crippen LogP contribution is -2.45. The molecule has 3 unspecified atom stereocenters. The molecule has 170 valence electrons. The van der Waals surface area contributed by atoms with Crippen molar-refractivity contribution < 1.29 is 47.1 Å². The molecule has 2 aliphatic heterocycles. The van der Waals surface area contributed by atoms with Crippen LogP contribution in [-0.4, -0.2) is 52.8 Å². The summed E-state index contributed by atoms with van der Waals surface area (Å²) < 4.78 is 47.0. The zero-order valence-electron chi connectivity index (χ0n) is 16.7.